The van der Waals surface area contributed by atoms with Gasteiger partial charge in [0, 0.05) is 12.3 Å². The Morgan fingerprint density at radius 1 is 1.33 bits per heavy atom. The van der Waals surface area contributed by atoms with Crippen LogP contribution in [-0.2, 0) is 19.6 Å². The first-order chi connectivity index (χ1) is 9.84. The Balaban J connectivity index is 2.64. The quantitative estimate of drug-likeness (QED) is 0.680. The highest BCUT2D eigenvalue weighted by Crippen LogP contribution is 2.21. The third-order valence-electron chi connectivity index (χ3n) is 2.93. The molecule has 7 heteroatoms. The van der Waals surface area contributed by atoms with Crippen LogP contribution in [0.1, 0.15) is 31.7 Å². The van der Waals surface area contributed by atoms with Gasteiger partial charge in [-0.3, -0.25) is 9.52 Å². The minimum Gasteiger partial charge on any atom is -0.481 e. The number of rotatable bonds is 9. The van der Waals surface area contributed by atoms with Gasteiger partial charge in [0.15, 0.2) is 0 Å². The molecule has 1 unspecified atom stereocenters. The zero-order chi connectivity index (χ0) is 15.9. The van der Waals surface area contributed by atoms with Crippen LogP contribution in [0.3, 0.4) is 0 Å². The summed E-state index contributed by atoms with van der Waals surface area (Å²) in [7, 11) is -3.43. The Bertz CT molecular complexity index is 553. The van der Waals surface area contributed by atoms with Crippen LogP contribution < -0.4 is 4.72 Å². The first-order valence-corrected chi connectivity index (χ1v) is 8.39. The van der Waals surface area contributed by atoms with E-state index in [0.29, 0.717) is 12.3 Å². The molecule has 0 spiro atoms. The fraction of sp³-hybridized carbons (Fsp3) is 0.500. The topological polar surface area (TPSA) is 92.7 Å². The predicted molar refractivity (Wildman–Crippen MR) is 81.0 cm³/mol. The van der Waals surface area contributed by atoms with Crippen LogP contribution in [0.25, 0.3) is 0 Å². The number of ether oxygens (including phenoxy) is 1. The summed E-state index contributed by atoms with van der Waals surface area (Å²) in [5, 5.41) is 8.75. The monoisotopic (exact) mass is 315 g/mol. The molecule has 0 aliphatic heterocycles. The molecular formula is C14H21NO5S. The smallest absolute Gasteiger partial charge is 0.303 e. The lowest BCUT2D eigenvalue weighted by Gasteiger charge is -2.11. The lowest BCUT2D eigenvalue weighted by atomic mass is 9.98. The Morgan fingerprint density at radius 2 is 1.95 bits per heavy atom. The van der Waals surface area contributed by atoms with E-state index < -0.39 is 16.0 Å². The second-order valence-electron chi connectivity index (χ2n) is 4.74. The van der Waals surface area contributed by atoms with Crippen molar-refractivity contribution in [3.05, 3.63) is 29.8 Å². The summed E-state index contributed by atoms with van der Waals surface area (Å²) in [5.41, 5.74) is 1.31. The lowest BCUT2D eigenvalue weighted by molar-refractivity contribution is -0.137. The number of carboxylic acid groups (broad SMARTS) is 1. The highest BCUT2D eigenvalue weighted by atomic mass is 32.2. The lowest BCUT2D eigenvalue weighted by Crippen LogP contribution is -2.20. The van der Waals surface area contributed by atoms with E-state index in [-0.39, 0.29) is 24.7 Å². The Hall–Kier alpha value is -1.60. The standard InChI is InChI=1S/C14H21NO5S/c1-3-20-8-9-21(18,19)15-13-6-4-12(5-7-13)11(2)10-14(16)17/h4-7,11,15H,3,8-10H2,1-2H3,(H,16,17). The maximum Gasteiger partial charge on any atom is 0.303 e. The Kier molecular flexibility index (Phi) is 6.64. The number of hydrogen-bond donors (Lipinski definition) is 2. The van der Waals surface area contributed by atoms with Crippen LogP contribution in [0.15, 0.2) is 24.3 Å². The number of sulfonamides is 1. The normalized spacial score (nSPS) is 12.9. The van der Waals surface area contributed by atoms with Crippen LogP contribution in [0.5, 0.6) is 0 Å². The molecule has 0 amide bonds. The summed E-state index contributed by atoms with van der Waals surface area (Å²) in [6.45, 7) is 4.25. The second kappa shape index (κ2) is 7.99. The van der Waals surface area contributed by atoms with Gasteiger partial charge >= 0.3 is 5.97 Å². The number of aliphatic carboxylic acids is 1. The van der Waals surface area contributed by atoms with Gasteiger partial charge in [0.05, 0.1) is 18.8 Å². The highest BCUT2D eigenvalue weighted by molar-refractivity contribution is 7.92. The van der Waals surface area contributed by atoms with Crippen molar-refractivity contribution in [1.82, 2.24) is 0 Å². The van der Waals surface area contributed by atoms with Crippen LogP contribution >= 0.6 is 0 Å². The van der Waals surface area contributed by atoms with Crippen LogP contribution in [0, 0.1) is 0 Å². The Labute approximate surface area is 125 Å². The maximum absolute atomic E-state index is 11.8. The molecule has 0 aliphatic carbocycles. The molecule has 0 radical (unpaired) electrons. The fourth-order valence-electron chi connectivity index (χ4n) is 1.80. The van der Waals surface area contributed by atoms with Gasteiger partial charge in [0.1, 0.15) is 0 Å². The molecular weight excluding hydrogens is 294 g/mol. The summed E-state index contributed by atoms with van der Waals surface area (Å²) >= 11 is 0. The average molecular weight is 315 g/mol. The third-order valence-corrected chi connectivity index (χ3v) is 4.19. The van der Waals surface area contributed by atoms with E-state index in [9.17, 15) is 13.2 Å². The van der Waals surface area contributed by atoms with Gasteiger partial charge in [-0.2, -0.15) is 0 Å². The van der Waals surface area contributed by atoms with E-state index in [2.05, 4.69) is 4.72 Å². The summed E-state index contributed by atoms with van der Waals surface area (Å²) < 4.78 is 31.0. The van der Waals surface area contributed by atoms with E-state index in [1.165, 1.54) is 0 Å². The summed E-state index contributed by atoms with van der Waals surface area (Å²) in [6, 6.07) is 6.72. The SMILES string of the molecule is CCOCCS(=O)(=O)Nc1ccc(C(C)CC(=O)O)cc1. The zero-order valence-corrected chi connectivity index (χ0v) is 13.0. The molecule has 1 aromatic rings. The molecule has 1 aromatic carbocycles. The van der Waals surface area contributed by atoms with Crippen molar-refractivity contribution in [3.8, 4) is 0 Å². The van der Waals surface area contributed by atoms with Gasteiger partial charge in [0.2, 0.25) is 10.0 Å². The molecule has 0 aliphatic rings. The first kappa shape index (κ1) is 17.5. The van der Waals surface area contributed by atoms with E-state index in [0.717, 1.165) is 5.56 Å². The van der Waals surface area contributed by atoms with Gasteiger partial charge in [-0.15, -0.1) is 0 Å². The molecule has 118 valence electrons. The minimum atomic E-state index is -3.43. The van der Waals surface area contributed by atoms with Gasteiger partial charge in [-0.1, -0.05) is 19.1 Å². The van der Waals surface area contributed by atoms with Gasteiger partial charge in [-0.05, 0) is 30.5 Å². The molecule has 6 nitrogen and oxygen atoms in total. The van der Waals surface area contributed by atoms with E-state index in [1.54, 1.807) is 31.2 Å². The number of carbonyl (C=O) groups is 1. The molecule has 0 heterocycles. The van der Waals surface area contributed by atoms with Crippen molar-refractivity contribution in [3.63, 3.8) is 0 Å². The van der Waals surface area contributed by atoms with Crippen molar-refractivity contribution in [2.75, 3.05) is 23.7 Å². The van der Waals surface area contributed by atoms with Crippen LogP contribution in [0.4, 0.5) is 5.69 Å². The van der Waals surface area contributed by atoms with Gasteiger partial charge in [-0.25, -0.2) is 8.42 Å². The fourth-order valence-corrected chi connectivity index (χ4v) is 2.74. The van der Waals surface area contributed by atoms with E-state index in [1.807, 2.05) is 6.92 Å². The second-order valence-corrected chi connectivity index (χ2v) is 6.58. The van der Waals surface area contributed by atoms with Crippen molar-refractivity contribution in [2.24, 2.45) is 0 Å². The maximum atomic E-state index is 11.8. The summed E-state index contributed by atoms with van der Waals surface area (Å²) in [6.07, 6.45) is 0.0411. The van der Waals surface area contributed by atoms with Crippen LogP contribution in [0.2, 0.25) is 0 Å². The number of anilines is 1. The molecule has 0 aromatic heterocycles. The molecule has 0 bridgehead atoms. The van der Waals surface area contributed by atoms with Gasteiger partial charge in [0.25, 0.3) is 0 Å². The highest BCUT2D eigenvalue weighted by Gasteiger charge is 2.12. The number of hydrogen-bond acceptors (Lipinski definition) is 4. The molecule has 2 N–H and O–H groups in total. The minimum absolute atomic E-state index is 0.0411. The molecule has 1 atom stereocenters. The largest absolute Gasteiger partial charge is 0.481 e. The molecule has 0 saturated carbocycles. The average Bonchev–Trinajstić information content (AvgIpc) is 2.38. The molecule has 21 heavy (non-hydrogen) atoms. The van der Waals surface area contributed by atoms with Crippen LogP contribution in [-0.4, -0.2) is 38.5 Å². The summed E-state index contributed by atoms with van der Waals surface area (Å²) in [5.74, 6) is -1.08. The molecule has 0 fully saturated rings. The van der Waals surface area contributed by atoms with E-state index >= 15 is 0 Å². The number of benzene rings is 1. The zero-order valence-electron chi connectivity index (χ0n) is 12.2. The first-order valence-electron chi connectivity index (χ1n) is 6.74. The van der Waals surface area contributed by atoms with Crippen molar-refractivity contribution >= 4 is 21.7 Å². The Morgan fingerprint density at radius 3 is 2.48 bits per heavy atom. The predicted octanol–water partition coefficient (Wildman–Crippen LogP) is 2.04. The molecule has 0 saturated heterocycles. The molecule has 1 rings (SSSR count). The van der Waals surface area contributed by atoms with E-state index in [4.69, 9.17) is 9.84 Å². The number of nitrogens with one attached hydrogen (secondary N) is 1. The summed E-state index contributed by atoms with van der Waals surface area (Å²) in [4.78, 5) is 10.7. The van der Waals surface area contributed by atoms with Crippen molar-refractivity contribution in [2.45, 2.75) is 26.2 Å². The number of carboxylic acids is 1. The van der Waals surface area contributed by atoms with Crippen molar-refractivity contribution in [1.29, 1.82) is 0 Å². The van der Waals surface area contributed by atoms with Crippen molar-refractivity contribution < 1.29 is 23.1 Å². The van der Waals surface area contributed by atoms with Gasteiger partial charge < -0.3 is 9.84 Å². The third kappa shape index (κ3) is 6.59.